The number of carbonyl (C=O) groups is 2. The van der Waals surface area contributed by atoms with Crippen molar-refractivity contribution in [2.45, 2.75) is 13.0 Å². The number of thiazole rings is 1. The zero-order valence-electron chi connectivity index (χ0n) is 25.4. The highest BCUT2D eigenvalue weighted by atomic mass is 35.5. The third-order valence-electron chi connectivity index (χ3n) is 7.48. The highest BCUT2D eigenvalue weighted by Gasteiger charge is 2.35. The quantitative estimate of drug-likeness (QED) is 0.202. The summed E-state index contributed by atoms with van der Waals surface area (Å²) in [4.78, 5) is 44.7. The molecule has 0 fully saturated rings. The largest absolute Gasteiger partial charge is 0.493 e. The number of carbonyl (C=O) groups excluding carboxylic acids is 1. The SMILES string of the molecule is CCOC(=O)C1=C(c2ccccc2)N=c2s/c(=C\c3ccc(-c4ccc(Cl)c(C(=O)O)c4)o3)c(=O)n2[C@@H]1c1ccc(OC)c(OC)c1. The minimum absolute atomic E-state index is 0.0581. The Morgan fingerprint density at radius 1 is 1.00 bits per heavy atom. The molecule has 1 aliphatic heterocycles. The molecule has 0 saturated carbocycles. The zero-order chi connectivity index (χ0) is 33.2. The van der Waals surface area contributed by atoms with Gasteiger partial charge in [-0.05, 0) is 55.0 Å². The van der Waals surface area contributed by atoms with Crippen LogP contribution in [0.1, 0.15) is 40.2 Å². The fourth-order valence-corrected chi connectivity index (χ4v) is 6.52. The van der Waals surface area contributed by atoms with E-state index in [1.165, 1.54) is 30.9 Å². The second-order valence-electron chi connectivity index (χ2n) is 10.2. The van der Waals surface area contributed by atoms with Crippen LogP contribution in [-0.2, 0) is 9.53 Å². The molecule has 1 aliphatic rings. The average molecular weight is 671 g/mol. The van der Waals surface area contributed by atoms with Gasteiger partial charge in [-0.15, -0.1) is 0 Å². The van der Waals surface area contributed by atoms with E-state index in [0.717, 1.165) is 11.3 Å². The van der Waals surface area contributed by atoms with Gasteiger partial charge in [-0.3, -0.25) is 9.36 Å². The van der Waals surface area contributed by atoms with E-state index in [4.69, 9.17) is 35.2 Å². The zero-order valence-corrected chi connectivity index (χ0v) is 26.9. The number of furan rings is 1. The van der Waals surface area contributed by atoms with E-state index in [-0.39, 0.29) is 22.8 Å². The number of methoxy groups -OCH3 is 2. The molecule has 0 unspecified atom stereocenters. The van der Waals surface area contributed by atoms with E-state index in [1.807, 2.05) is 30.3 Å². The van der Waals surface area contributed by atoms with Gasteiger partial charge >= 0.3 is 11.9 Å². The van der Waals surface area contributed by atoms with E-state index in [2.05, 4.69) is 0 Å². The maximum atomic E-state index is 14.2. The predicted octanol–water partition coefficient (Wildman–Crippen LogP) is 5.56. The fourth-order valence-electron chi connectivity index (χ4n) is 5.34. The Hall–Kier alpha value is -5.39. The lowest BCUT2D eigenvalue weighted by atomic mass is 9.93. The van der Waals surface area contributed by atoms with Crippen molar-refractivity contribution in [3.8, 4) is 22.8 Å². The monoisotopic (exact) mass is 670 g/mol. The molecule has 238 valence electrons. The summed E-state index contributed by atoms with van der Waals surface area (Å²) in [6, 6.07) is 21.4. The summed E-state index contributed by atoms with van der Waals surface area (Å²) in [5.74, 6) is -0.118. The summed E-state index contributed by atoms with van der Waals surface area (Å²) in [5, 5.41) is 9.58. The van der Waals surface area contributed by atoms with Crippen molar-refractivity contribution in [2.75, 3.05) is 20.8 Å². The summed E-state index contributed by atoms with van der Waals surface area (Å²) in [7, 11) is 3.03. The van der Waals surface area contributed by atoms with Gasteiger partial charge < -0.3 is 23.7 Å². The number of fused-ring (bicyclic) bond motifs is 1. The van der Waals surface area contributed by atoms with Gasteiger partial charge in [0.1, 0.15) is 11.5 Å². The van der Waals surface area contributed by atoms with E-state index >= 15 is 0 Å². The smallest absolute Gasteiger partial charge is 0.338 e. The summed E-state index contributed by atoms with van der Waals surface area (Å²) in [5.41, 5.74) is 1.89. The van der Waals surface area contributed by atoms with Crippen molar-refractivity contribution < 1.29 is 33.3 Å². The molecular weight excluding hydrogens is 644 g/mol. The Morgan fingerprint density at radius 2 is 1.77 bits per heavy atom. The van der Waals surface area contributed by atoms with Crippen molar-refractivity contribution in [2.24, 2.45) is 4.99 Å². The molecule has 0 bridgehead atoms. The molecule has 1 atom stereocenters. The number of hydrogen-bond donors (Lipinski definition) is 1. The van der Waals surface area contributed by atoms with Crippen molar-refractivity contribution in [3.05, 3.63) is 132 Å². The normalized spacial score (nSPS) is 14.4. The highest BCUT2D eigenvalue weighted by molar-refractivity contribution is 7.07. The second-order valence-corrected chi connectivity index (χ2v) is 11.7. The standard InChI is InChI=1S/C35H27ClN2O8S/c1-4-45-34(42)29-30(19-8-6-5-7-9-19)37-35-38(31(29)21-11-14-26(43-2)27(17-21)44-3)32(39)28(47-35)18-22-12-15-25(46-22)20-10-13-24(36)23(16-20)33(40)41/h5-18,31H,4H2,1-3H3,(H,40,41)/b28-18-/t31-/m1/s1. The van der Waals surface area contributed by atoms with Crippen molar-refractivity contribution in [1.82, 2.24) is 4.57 Å². The Kier molecular flexibility index (Phi) is 8.84. The minimum atomic E-state index is -1.16. The maximum absolute atomic E-state index is 14.2. The van der Waals surface area contributed by atoms with Crippen LogP contribution in [0, 0.1) is 0 Å². The lowest BCUT2D eigenvalue weighted by Crippen LogP contribution is -2.40. The number of esters is 1. The predicted molar refractivity (Wildman–Crippen MR) is 177 cm³/mol. The van der Waals surface area contributed by atoms with Crippen LogP contribution in [0.2, 0.25) is 5.02 Å². The van der Waals surface area contributed by atoms with Crippen LogP contribution in [-0.4, -0.2) is 42.4 Å². The number of carboxylic acid groups (broad SMARTS) is 1. The van der Waals surface area contributed by atoms with E-state index in [9.17, 15) is 19.5 Å². The highest BCUT2D eigenvalue weighted by Crippen LogP contribution is 2.38. The van der Waals surface area contributed by atoms with Crippen LogP contribution in [0.3, 0.4) is 0 Å². The van der Waals surface area contributed by atoms with Crippen molar-refractivity contribution in [1.29, 1.82) is 0 Å². The minimum Gasteiger partial charge on any atom is -0.493 e. The van der Waals surface area contributed by atoms with Crippen molar-refractivity contribution in [3.63, 3.8) is 0 Å². The fraction of sp³-hybridized carbons (Fsp3) is 0.143. The number of ether oxygens (including phenoxy) is 3. The maximum Gasteiger partial charge on any atom is 0.338 e. The molecule has 47 heavy (non-hydrogen) atoms. The molecule has 0 saturated heterocycles. The van der Waals surface area contributed by atoms with Crippen LogP contribution in [0.25, 0.3) is 23.1 Å². The molecule has 0 aliphatic carbocycles. The van der Waals surface area contributed by atoms with Crippen LogP contribution < -0.4 is 24.4 Å². The molecular formula is C35H27ClN2O8S. The van der Waals surface area contributed by atoms with Gasteiger partial charge in [-0.25, -0.2) is 14.6 Å². The van der Waals surface area contributed by atoms with Crippen LogP contribution in [0.15, 0.2) is 98.6 Å². The van der Waals surface area contributed by atoms with Gasteiger partial charge in [0.05, 0.1) is 53.3 Å². The van der Waals surface area contributed by atoms with Crippen LogP contribution in [0.4, 0.5) is 0 Å². The molecule has 0 spiro atoms. The van der Waals surface area contributed by atoms with Gasteiger partial charge in [0.15, 0.2) is 16.3 Å². The van der Waals surface area contributed by atoms with Gasteiger partial charge in [-0.1, -0.05) is 59.3 Å². The lowest BCUT2D eigenvalue weighted by Gasteiger charge is -2.26. The van der Waals surface area contributed by atoms with Gasteiger partial charge in [0, 0.05) is 17.2 Å². The third-order valence-corrected chi connectivity index (χ3v) is 8.79. The first kappa shape index (κ1) is 31.6. The first-order valence-corrected chi connectivity index (χ1v) is 15.6. The summed E-state index contributed by atoms with van der Waals surface area (Å²) >= 11 is 7.18. The average Bonchev–Trinajstić information content (AvgIpc) is 3.68. The molecule has 5 aromatic rings. The Morgan fingerprint density at radius 3 is 2.47 bits per heavy atom. The van der Waals surface area contributed by atoms with Gasteiger partial charge in [0.2, 0.25) is 0 Å². The first-order chi connectivity index (χ1) is 22.7. The summed E-state index contributed by atoms with van der Waals surface area (Å²) < 4.78 is 24.3. The Balaban J connectivity index is 1.55. The molecule has 12 heteroatoms. The number of nitrogens with zero attached hydrogens (tertiary/aromatic N) is 2. The third kappa shape index (κ3) is 5.98. The second kappa shape index (κ2) is 13.1. The van der Waals surface area contributed by atoms with Crippen molar-refractivity contribution >= 4 is 46.6 Å². The van der Waals surface area contributed by atoms with E-state index < -0.39 is 23.5 Å². The number of rotatable bonds is 9. The summed E-state index contributed by atoms with van der Waals surface area (Å²) in [6.07, 6.45) is 1.59. The molecule has 10 nitrogen and oxygen atoms in total. The van der Waals surface area contributed by atoms with E-state index in [1.54, 1.807) is 49.4 Å². The molecule has 2 aromatic heterocycles. The number of benzene rings is 3. The Labute approximate surface area is 277 Å². The topological polar surface area (TPSA) is 130 Å². The Bertz CT molecular complexity index is 2230. The van der Waals surface area contributed by atoms with Crippen LogP contribution in [0.5, 0.6) is 11.5 Å². The number of aromatic nitrogens is 1. The molecule has 3 heterocycles. The summed E-state index contributed by atoms with van der Waals surface area (Å²) in [6.45, 7) is 1.83. The number of hydrogen-bond acceptors (Lipinski definition) is 9. The first-order valence-electron chi connectivity index (χ1n) is 14.4. The number of aromatic carboxylic acids is 1. The van der Waals surface area contributed by atoms with Gasteiger partial charge in [-0.2, -0.15) is 0 Å². The number of halogens is 1. The van der Waals surface area contributed by atoms with E-state index in [0.29, 0.717) is 54.7 Å². The lowest BCUT2D eigenvalue weighted by molar-refractivity contribution is -0.138. The molecule has 1 N–H and O–H groups in total. The van der Waals surface area contributed by atoms with Gasteiger partial charge in [0.25, 0.3) is 5.56 Å². The number of carboxylic acids is 1. The molecule has 6 rings (SSSR count). The van der Waals surface area contributed by atoms with Crippen LogP contribution >= 0.6 is 22.9 Å². The molecule has 3 aromatic carbocycles. The molecule has 0 amide bonds. The molecule has 0 radical (unpaired) electrons.